The largest absolute Gasteiger partial charge is 0.497 e. The van der Waals surface area contributed by atoms with Crippen LogP contribution in [0.15, 0.2) is 35.2 Å². The van der Waals surface area contributed by atoms with E-state index in [9.17, 15) is 4.79 Å². The van der Waals surface area contributed by atoms with Crippen molar-refractivity contribution in [2.45, 2.75) is 6.61 Å². The Morgan fingerprint density at radius 1 is 1.41 bits per heavy atom. The first kappa shape index (κ1) is 15.5. The summed E-state index contributed by atoms with van der Waals surface area (Å²) in [5.74, 6) is 0.148. The number of carbonyl (C=O) groups is 1. The molecular formula is C15H12N2O4S. The molecule has 0 aliphatic carbocycles. The number of hydrogen-bond donors (Lipinski definition) is 1. The van der Waals surface area contributed by atoms with E-state index in [1.54, 1.807) is 42.8 Å². The Bertz CT molecular complexity index is 729. The zero-order valence-corrected chi connectivity index (χ0v) is 12.5. The number of nitrogens with zero attached hydrogens (tertiary/aromatic N) is 2. The van der Waals surface area contributed by atoms with Crippen molar-refractivity contribution >= 4 is 23.4 Å². The summed E-state index contributed by atoms with van der Waals surface area (Å²) < 4.78 is 10.6. The zero-order chi connectivity index (χ0) is 15.9. The lowest BCUT2D eigenvalue weighted by molar-refractivity contribution is -0.132. The van der Waals surface area contributed by atoms with Crippen molar-refractivity contribution in [3.8, 4) is 17.6 Å². The average molecular weight is 316 g/mol. The van der Waals surface area contributed by atoms with Crippen LogP contribution in [0.4, 0.5) is 0 Å². The van der Waals surface area contributed by atoms with Crippen molar-refractivity contribution < 1.29 is 19.4 Å². The maximum Gasteiger partial charge on any atom is 0.346 e. The molecule has 2 rings (SSSR count). The van der Waals surface area contributed by atoms with Gasteiger partial charge in [0.05, 0.1) is 12.8 Å². The molecule has 112 valence electrons. The van der Waals surface area contributed by atoms with Crippen molar-refractivity contribution in [3.05, 3.63) is 45.9 Å². The van der Waals surface area contributed by atoms with Gasteiger partial charge in [0, 0.05) is 5.38 Å². The topological polar surface area (TPSA) is 92.4 Å². The Hall–Kier alpha value is -2.85. The Morgan fingerprint density at radius 2 is 2.09 bits per heavy atom. The SMILES string of the molecule is COc1ccc(OCc2nc(C=C(C#N)C(=O)O)cs2)cc1. The first-order valence-corrected chi connectivity index (χ1v) is 7.06. The summed E-state index contributed by atoms with van der Waals surface area (Å²) in [6.45, 7) is 0.264. The maximum atomic E-state index is 10.8. The highest BCUT2D eigenvalue weighted by Crippen LogP contribution is 2.19. The predicted octanol–water partition coefficient (Wildman–Crippen LogP) is 2.72. The smallest absolute Gasteiger partial charge is 0.346 e. The third-order valence-electron chi connectivity index (χ3n) is 2.63. The second kappa shape index (κ2) is 7.24. The van der Waals surface area contributed by atoms with E-state index in [1.165, 1.54) is 17.4 Å². The van der Waals surface area contributed by atoms with Crippen molar-refractivity contribution in [2.75, 3.05) is 7.11 Å². The van der Waals surface area contributed by atoms with E-state index < -0.39 is 5.97 Å². The molecule has 0 aliphatic heterocycles. The number of rotatable bonds is 6. The van der Waals surface area contributed by atoms with E-state index in [4.69, 9.17) is 19.8 Å². The molecule has 0 saturated heterocycles. The molecule has 0 bridgehead atoms. The highest BCUT2D eigenvalue weighted by molar-refractivity contribution is 7.09. The second-order valence-corrected chi connectivity index (χ2v) is 5.05. The number of methoxy groups -OCH3 is 1. The summed E-state index contributed by atoms with van der Waals surface area (Å²) in [5, 5.41) is 19.8. The monoisotopic (exact) mass is 316 g/mol. The summed E-state index contributed by atoms with van der Waals surface area (Å²) in [6.07, 6.45) is 1.23. The van der Waals surface area contributed by atoms with Gasteiger partial charge < -0.3 is 14.6 Å². The molecule has 1 aromatic heterocycles. The van der Waals surface area contributed by atoms with E-state index >= 15 is 0 Å². The normalized spacial score (nSPS) is 10.8. The molecule has 0 spiro atoms. The Labute approximate surface area is 130 Å². The standard InChI is InChI=1S/C15H12N2O4S/c1-20-12-2-4-13(5-3-12)21-8-14-17-11(9-22-14)6-10(7-16)15(18)19/h2-6,9H,8H2,1H3,(H,18,19). The summed E-state index contributed by atoms with van der Waals surface area (Å²) in [5.41, 5.74) is 0.0743. The van der Waals surface area contributed by atoms with Crippen molar-refractivity contribution in [1.29, 1.82) is 5.26 Å². The van der Waals surface area contributed by atoms with Gasteiger partial charge >= 0.3 is 5.97 Å². The van der Waals surface area contributed by atoms with Crippen molar-refractivity contribution in [3.63, 3.8) is 0 Å². The molecule has 0 radical (unpaired) electrons. The lowest BCUT2D eigenvalue weighted by Gasteiger charge is -2.04. The minimum Gasteiger partial charge on any atom is -0.497 e. The van der Waals surface area contributed by atoms with Crippen LogP contribution in [0, 0.1) is 11.3 Å². The Kier molecular flexibility index (Phi) is 5.11. The van der Waals surface area contributed by atoms with Gasteiger partial charge in [0.15, 0.2) is 0 Å². The molecule has 7 heteroatoms. The Balaban J connectivity index is 2.00. The molecule has 0 atom stereocenters. The van der Waals surface area contributed by atoms with Crippen LogP contribution in [0.2, 0.25) is 0 Å². The molecule has 0 unspecified atom stereocenters. The molecule has 6 nitrogen and oxygen atoms in total. The number of carboxylic acid groups (broad SMARTS) is 1. The zero-order valence-electron chi connectivity index (χ0n) is 11.6. The molecule has 1 aromatic carbocycles. The molecular weight excluding hydrogens is 304 g/mol. The van der Waals surface area contributed by atoms with Gasteiger partial charge in [-0.15, -0.1) is 11.3 Å². The van der Waals surface area contributed by atoms with Gasteiger partial charge in [-0.1, -0.05) is 0 Å². The molecule has 1 heterocycles. The van der Waals surface area contributed by atoms with Crippen LogP contribution in [-0.2, 0) is 11.4 Å². The molecule has 1 N–H and O–H groups in total. The van der Waals surface area contributed by atoms with Gasteiger partial charge in [-0.3, -0.25) is 0 Å². The third kappa shape index (κ3) is 4.07. The van der Waals surface area contributed by atoms with Crippen LogP contribution < -0.4 is 9.47 Å². The number of benzene rings is 1. The van der Waals surface area contributed by atoms with Crippen LogP contribution in [0.25, 0.3) is 6.08 Å². The lowest BCUT2D eigenvalue weighted by Crippen LogP contribution is -1.98. The first-order valence-electron chi connectivity index (χ1n) is 6.18. The molecule has 0 amide bonds. The summed E-state index contributed by atoms with van der Waals surface area (Å²) in [6, 6.07) is 8.76. The second-order valence-electron chi connectivity index (χ2n) is 4.11. The van der Waals surface area contributed by atoms with E-state index in [1.807, 2.05) is 0 Å². The van der Waals surface area contributed by atoms with Crippen LogP contribution in [-0.4, -0.2) is 23.2 Å². The van der Waals surface area contributed by atoms with Gasteiger partial charge in [0.2, 0.25) is 0 Å². The average Bonchev–Trinajstić information content (AvgIpc) is 2.98. The highest BCUT2D eigenvalue weighted by atomic mass is 32.1. The molecule has 22 heavy (non-hydrogen) atoms. The predicted molar refractivity (Wildman–Crippen MR) is 80.7 cm³/mol. The number of thiazole rings is 1. The summed E-state index contributed by atoms with van der Waals surface area (Å²) >= 11 is 1.33. The van der Waals surface area contributed by atoms with Gasteiger partial charge in [0.25, 0.3) is 0 Å². The fourth-order valence-electron chi connectivity index (χ4n) is 1.56. The van der Waals surface area contributed by atoms with Crippen LogP contribution in [0.1, 0.15) is 10.7 Å². The number of aromatic nitrogens is 1. The number of hydrogen-bond acceptors (Lipinski definition) is 6. The summed E-state index contributed by atoms with van der Waals surface area (Å²) in [7, 11) is 1.59. The molecule has 2 aromatic rings. The van der Waals surface area contributed by atoms with E-state index in [0.29, 0.717) is 16.5 Å². The van der Waals surface area contributed by atoms with E-state index in [2.05, 4.69) is 4.98 Å². The number of aliphatic carboxylic acids is 1. The lowest BCUT2D eigenvalue weighted by atomic mass is 10.2. The van der Waals surface area contributed by atoms with Crippen molar-refractivity contribution in [2.24, 2.45) is 0 Å². The molecule has 0 aliphatic rings. The fourth-order valence-corrected chi connectivity index (χ4v) is 2.23. The van der Waals surface area contributed by atoms with Gasteiger partial charge in [0.1, 0.15) is 34.8 Å². The quantitative estimate of drug-likeness (QED) is 0.650. The van der Waals surface area contributed by atoms with E-state index in [-0.39, 0.29) is 12.2 Å². The number of carboxylic acids is 1. The van der Waals surface area contributed by atoms with Gasteiger partial charge in [-0.25, -0.2) is 9.78 Å². The highest BCUT2D eigenvalue weighted by Gasteiger charge is 2.08. The van der Waals surface area contributed by atoms with Gasteiger partial charge in [-0.05, 0) is 30.3 Å². The number of nitriles is 1. The molecule has 0 saturated carbocycles. The van der Waals surface area contributed by atoms with Crippen LogP contribution in [0.3, 0.4) is 0 Å². The fraction of sp³-hybridized carbons (Fsp3) is 0.133. The molecule has 0 fully saturated rings. The van der Waals surface area contributed by atoms with Gasteiger partial charge in [-0.2, -0.15) is 5.26 Å². The minimum atomic E-state index is -1.27. The maximum absolute atomic E-state index is 10.8. The van der Waals surface area contributed by atoms with Crippen LogP contribution in [0.5, 0.6) is 11.5 Å². The third-order valence-corrected chi connectivity index (χ3v) is 3.47. The van der Waals surface area contributed by atoms with Crippen LogP contribution >= 0.6 is 11.3 Å². The Morgan fingerprint density at radius 3 is 2.68 bits per heavy atom. The minimum absolute atomic E-state index is 0.264. The first-order chi connectivity index (χ1) is 10.6. The number of ether oxygens (including phenoxy) is 2. The van der Waals surface area contributed by atoms with E-state index in [0.717, 1.165) is 5.75 Å². The summed E-state index contributed by atoms with van der Waals surface area (Å²) in [4.78, 5) is 15.0. The van der Waals surface area contributed by atoms with Crippen molar-refractivity contribution in [1.82, 2.24) is 4.98 Å².